The van der Waals surface area contributed by atoms with E-state index in [9.17, 15) is 4.79 Å². The maximum absolute atomic E-state index is 12.2. The number of nitrogens with zero attached hydrogens (tertiary/aromatic N) is 2. The average Bonchev–Trinajstić information content (AvgIpc) is 2.64. The predicted octanol–water partition coefficient (Wildman–Crippen LogP) is 3.42. The van der Waals surface area contributed by atoms with Gasteiger partial charge in [0.2, 0.25) is 0 Å². The van der Waals surface area contributed by atoms with Crippen LogP contribution in [0.1, 0.15) is 11.1 Å². The highest BCUT2D eigenvalue weighted by molar-refractivity contribution is 5.76. The van der Waals surface area contributed by atoms with Gasteiger partial charge in [0.15, 0.2) is 0 Å². The van der Waals surface area contributed by atoms with Gasteiger partial charge in [-0.25, -0.2) is 4.79 Å². The normalized spacial score (nSPS) is 15.6. The third-order valence-electron chi connectivity index (χ3n) is 4.88. The molecule has 1 fully saturated rings. The Morgan fingerprint density at radius 1 is 0.960 bits per heavy atom. The lowest BCUT2D eigenvalue weighted by Gasteiger charge is -2.36. The van der Waals surface area contributed by atoms with E-state index in [2.05, 4.69) is 41.0 Å². The second-order valence-corrected chi connectivity index (χ2v) is 6.70. The van der Waals surface area contributed by atoms with Gasteiger partial charge in [-0.2, -0.15) is 0 Å². The average molecular weight is 334 g/mol. The number of anilines is 1. The van der Waals surface area contributed by atoms with Crippen molar-refractivity contribution >= 4 is 16.7 Å². The van der Waals surface area contributed by atoms with Crippen LogP contribution in [0.15, 0.2) is 63.8 Å². The molecule has 4 nitrogen and oxygen atoms in total. The van der Waals surface area contributed by atoms with Crippen molar-refractivity contribution in [3.8, 4) is 0 Å². The molecule has 1 aliphatic rings. The van der Waals surface area contributed by atoms with Gasteiger partial charge in [0, 0.05) is 43.8 Å². The van der Waals surface area contributed by atoms with Crippen molar-refractivity contribution in [1.29, 1.82) is 0 Å². The van der Waals surface area contributed by atoms with Crippen LogP contribution in [-0.4, -0.2) is 31.1 Å². The van der Waals surface area contributed by atoms with Gasteiger partial charge in [0.05, 0.1) is 5.56 Å². The summed E-state index contributed by atoms with van der Waals surface area (Å²) in [6.07, 6.45) is 0. The van der Waals surface area contributed by atoms with E-state index in [-0.39, 0.29) is 5.63 Å². The van der Waals surface area contributed by atoms with Gasteiger partial charge in [0.25, 0.3) is 0 Å². The van der Waals surface area contributed by atoms with Crippen LogP contribution in [0.5, 0.6) is 0 Å². The minimum atomic E-state index is -0.223. The van der Waals surface area contributed by atoms with E-state index in [0.717, 1.165) is 37.1 Å². The Kier molecular flexibility index (Phi) is 4.28. The van der Waals surface area contributed by atoms with E-state index in [1.165, 1.54) is 11.3 Å². The predicted molar refractivity (Wildman–Crippen MR) is 101 cm³/mol. The van der Waals surface area contributed by atoms with E-state index >= 15 is 0 Å². The Hall–Kier alpha value is -2.59. The third kappa shape index (κ3) is 3.44. The van der Waals surface area contributed by atoms with Gasteiger partial charge < -0.3 is 9.32 Å². The Morgan fingerprint density at radius 3 is 2.44 bits per heavy atom. The van der Waals surface area contributed by atoms with Crippen LogP contribution in [0.4, 0.5) is 5.69 Å². The molecule has 4 heteroatoms. The van der Waals surface area contributed by atoms with Crippen LogP contribution in [0.3, 0.4) is 0 Å². The fourth-order valence-electron chi connectivity index (χ4n) is 3.38. The van der Waals surface area contributed by atoms with E-state index in [4.69, 9.17) is 4.42 Å². The quantitative estimate of drug-likeness (QED) is 0.688. The Labute approximate surface area is 147 Å². The van der Waals surface area contributed by atoms with Crippen LogP contribution >= 0.6 is 0 Å². The fourth-order valence-corrected chi connectivity index (χ4v) is 3.38. The first kappa shape index (κ1) is 15.9. The third-order valence-corrected chi connectivity index (χ3v) is 4.88. The molecule has 0 unspecified atom stereocenters. The van der Waals surface area contributed by atoms with E-state index in [1.54, 1.807) is 0 Å². The van der Waals surface area contributed by atoms with Gasteiger partial charge in [-0.05, 0) is 31.2 Å². The number of benzene rings is 2. The highest BCUT2D eigenvalue weighted by atomic mass is 16.4. The molecule has 0 amide bonds. The SMILES string of the molecule is Cc1ccc(N2CCN(Cc3cc4ccccc4oc3=O)CC2)cc1. The number of para-hydroxylation sites is 1. The molecule has 4 rings (SSSR count). The van der Waals surface area contributed by atoms with Crippen LogP contribution in [-0.2, 0) is 6.54 Å². The maximum Gasteiger partial charge on any atom is 0.340 e. The molecule has 1 aromatic heterocycles. The number of hydrogen-bond donors (Lipinski definition) is 0. The molecule has 0 aliphatic carbocycles. The molecular formula is C21H22N2O2. The lowest BCUT2D eigenvalue weighted by molar-refractivity contribution is 0.247. The molecule has 0 spiro atoms. The molecule has 3 aromatic rings. The molecule has 25 heavy (non-hydrogen) atoms. The molecule has 1 saturated heterocycles. The van der Waals surface area contributed by atoms with Crippen molar-refractivity contribution in [2.75, 3.05) is 31.1 Å². The second kappa shape index (κ2) is 6.73. The van der Waals surface area contributed by atoms with Gasteiger partial charge in [0.1, 0.15) is 5.58 Å². The first-order chi connectivity index (χ1) is 12.2. The lowest BCUT2D eigenvalue weighted by atomic mass is 10.1. The van der Waals surface area contributed by atoms with Crippen molar-refractivity contribution in [2.45, 2.75) is 13.5 Å². The smallest absolute Gasteiger partial charge is 0.340 e. The molecule has 0 N–H and O–H groups in total. The zero-order chi connectivity index (χ0) is 17.2. The molecule has 0 bridgehead atoms. The number of aryl methyl sites for hydroxylation is 1. The van der Waals surface area contributed by atoms with Crippen LogP contribution in [0.25, 0.3) is 11.0 Å². The summed E-state index contributed by atoms with van der Waals surface area (Å²) in [6.45, 7) is 6.59. The molecule has 0 radical (unpaired) electrons. The topological polar surface area (TPSA) is 36.7 Å². The second-order valence-electron chi connectivity index (χ2n) is 6.70. The summed E-state index contributed by atoms with van der Waals surface area (Å²) in [7, 11) is 0. The first-order valence-electron chi connectivity index (χ1n) is 8.75. The number of rotatable bonds is 3. The summed E-state index contributed by atoms with van der Waals surface area (Å²) < 4.78 is 5.44. The number of fused-ring (bicyclic) bond motifs is 1. The Morgan fingerprint density at radius 2 is 1.68 bits per heavy atom. The van der Waals surface area contributed by atoms with Gasteiger partial charge in [-0.15, -0.1) is 0 Å². The van der Waals surface area contributed by atoms with Crippen LogP contribution in [0, 0.1) is 6.92 Å². The summed E-state index contributed by atoms with van der Waals surface area (Å²) in [5.41, 5.74) is 3.73. The van der Waals surface area contributed by atoms with E-state index < -0.39 is 0 Å². The van der Waals surface area contributed by atoms with Crippen LogP contribution in [0.2, 0.25) is 0 Å². The molecule has 0 saturated carbocycles. The van der Waals surface area contributed by atoms with Crippen molar-refractivity contribution in [1.82, 2.24) is 4.90 Å². The largest absolute Gasteiger partial charge is 0.422 e. The van der Waals surface area contributed by atoms with E-state index in [0.29, 0.717) is 12.1 Å². The van der Waals surface area contributed by atoms with Crippen molar-refractivity contribution in [3.63, 3.8) is 0 Å². The van der Waals surface area contributed by atoms with Crippen LogP contribution < -0.4 is 10.5 Å². The summed E-state index contributed by atoms with van der Waals surface area (Å²) >= 11 is 0. The van der Waals surface area contributed by atoms with Gasteiger partial charge in [-0.3, -0.25) is 4.90 Å². The molecular weight excluding hydrogens is 312 g/mol. The fraction of sp³-hybridized carbons (Fsp3) is 0.286. The molecule has 2 aromatic carbocycles. The lowest BCUT2D eigenvalue weighted by Crippen LogP contribution is -2.46. The standard InChI is InChI=1S/C21H22N2O2/c1-16-6-8-19(9-7-16)23-12-10-22(11-13-23)15-18-14-17-4-2-3-5-20(17)25-21(18)24/h2-9,14H,10-13,15H2,1H3. The van der Waals surface area contributed by atoms with Crippen molar-refractivity contribution in [2.24, 2.45) is 0 Å². The highest BCUT2D eigenvalue weighted by Crippen LogP contribution is 2.18. The van der Waals surface area contributed by atoms with Gasteiger partial charge in [-0.1, -0.05) is 35.9 Å². The Bertz CT molecular complexity index is 923. The first-order valence-corrected chi connectivity index (χ1v) is 8.75. The molecule has 128 valence electrons. The van der Waals surface area contributed by atoms with Gasteiger partial charge >= 0.3 is 5.63 Å². The molecule has 2 heterocycles. The maximum atomic E-state index is 12.2. The number of hydrogen-bond acceptors (Lipinski definition) is 4. The zero-order valence-electron chi connectivity index (χ0n) is 14.4. The summed E-state index contributed by atoms with van der Waals surface area (Å²) in [5.74, 6) is 0. The minimum absolute atomic E-state index is 0.223. The monoisotopic (exact) mass is 334 g/mol. The minimum Gasteiger partial charge on any atom is -0.422 e. The molecule has 1 aliphatic heterocycles. The molecule has 0 atom stereocenters. The van der Waals surface area contributed by atoms with Crippen molar-refractivity contribution in [3.05, 3.63) is 76.1 Å². The summed E-state index contributed by atoms with van der Waals surface area (Å²) in [4.78, 5) is 16.9. The van der Waals surface area contributed by atoms with E-state index in [1.807, 2.05) is 30.3 Å². The summed E-state index contributed by atoms with van der Waals surface area (Å²) in [5, 5.41) is 0.982. The number of piperazine rings is 1. The zero-order valence-corrected chi connectivity index (χ0v) is 14.4. The highest BCUT2D eigenvalue weighted by Gasteiger charge is 2.18. The van der Waals surface area contributed by atoms with Crippen molar-refractivity contribution < 1.29 is 4.42 Å². The Balaban J connectivity index is 1.44. The summed E-state index contributed by atoms with van der Waals surface area (Å²) in [6, 6.07) is 18.3.